The van der Waals surface area contributed by atoms with Gasteiger partial charge in [-0.25, -0.2) is 4.79 Å². The summed E-state index contributed by atoms with van der Waals surface area (Å²) in [4.78, 5) is 26.6. The Labute approximate surface area is 149 Å². The second-order valence-electron chi connectivity index (χ2n) is 7.77. The van der Waals surface area contributed by atoms with Gasteiger partial charge in [0.1, 0.15) is 6.54 Å². The van der Waals surface area contributed by atoms with Gasteiger partial charge in [-0.1, -0.05) is 37.1 Å². The summed E-state index contributed by atoms with van der Waals surface area (Å²) < 4.78 is 0. The van der Waals surface area contributed by atoms with Crippen LogP contribution < -0.4 is 10.6 Å². The molecule has 25 heavy (non-hydrogen) atoms. The van der Waals surface area contributed by atoms with E-state index in [0.717, 1.165) is 31.2 Å². The van der Waals surface area contributed by atoms with Crippen LogP contribution in [0.2, 0.25) is 0 Å². The first-order chi connectivity index (χ1) is 12.1. The highest BCUT2D eigenvalue weighted by Crippen LogP contribution is 2.40. The molecule has 134 valence electrons. The smallest absolute Gasteiger partial charge is 0.318 e. The van der Waals surface area contributed by atoms with Crippen molar-refractivity contribution in [3.05, 3.63) is 35.4 Å². The fourth-order valence-corrected chi connectivity index (χ4v) is 4.25. The molecule has 1 aromatic carbocycles. The number of rotatable bonds is 3. The number of piperazine rings is 1. The van der Waals surface area contributed by atoms with Gasteiger partial charge in [0, 0.05) is 6.04 Å². The lowest BCUT2D eigenvalue weighted by molar-refractivity contribution is -0.126. The van der Waals surface area contributed by atoms with Crippen molar-refractivity contribution in [2.75, 3.05) is 6.54 Å². The van der Waals surface area contributed by atoms with E-state index >= 15 is 0 Å². The van der Waals surface area contributed by atoms with Crippen molar-refractivity contribution in [1.82, 2.24) is 15.5 Å². The van der Waals surface area contributed by atoms with Crippen LogP contribution >= 0.6 is 0 Å². The largest absolute Gasteiger partial charge is 0.350 e. The minimum atomic E-state index is -0.115. The van der Waals surface area contributed by atoms with Crippen LogP contribution in [0, 0.1) is 0 Å². The lowest BCUT2D eigenvalue weighted by Gasteiger charge is -2.44. The maximum Gasteiger partial charge on any atom is 0.318 e. The van der Waals surface area contributed by atoms with Crippen molar-refractivity contribution >= 4 is 11.9 Å². The second kappa shape index (κ2) is 6.70. The van der Waals surface area contributed by atoms with Crippen molar-refractivity contribution in [3.8, 4) is 0 Å². The lowest BCUT2D eigenvalue weighted by Crippen LogP contribution is -2.64. The SMILES string of the molecule is CC(NC(=O)N1CC(=O)NC2CCCCC21)c1cccc(C2CC2)c1. The average molecular weight is 341 g/mol. The predicted molar refractivity (Wildman–Crippen MR) is 96.3 cm³/mol. The van der Waals surface area contributed by atoms with Gasteiger partial charge >= 0.3 is 6.03 Å². The molecule has 3 aliphatic rings. The molecule has 3 fully saturated rings. The van der Waals surface area contributed by atoms with Gasteiger partial charge in [0.2, 0.25) is 5.91 Å². The lowest BCUT2D eigenvalue weighted by atomic mass is 9.87. The Bertz CT molecular complexity index is 671. The Balaban J connectivity index is 1.44. The molecule has 3 atom stereocenters. The summed E-state index contributed by atoms with van der Waals surface area (Å²) in [6.07, 6.45) is 6.75. The summed E-state index contributed by atoms with van der Waals surface area (Å²) in [5.74, 6) is 0.665. The molecule has 1 heterocycles. The molecule has 2 saturated carbocycles. The van der Waals surface area contributed by atoms with Crippen LogP contribution in [-0.4, -0.2) is 35.5 Å². The first kappa shape index (κ1) is 16.4. The fourth-order valence-electron chi connectivity index (χ4n) is 4.25. The predicted octanol–water partition coefficient (Wildman–Crippen LogP) is 3.08. The van der Waals surface area contributed by atoms with Gasteiger partial charge in [-0.05, 0) is 49.7 Å². The molecular weight excluding hydrogens is 314 g/mol. The minimum absolute atomic E-state index is 0.0401. The molecule has 0 radical (unpaired) electrons. The number of carbonyl (C=O) groups excluding carboxylic acids is 2. The molecule has 0 spiro atoms. The molecular formula is C20H27N3O2. The van der Waals surface area contributed by atoms with E-state index in [0.29, 0.717) is 5.92 Å². The van der Waals surface area contributed by atoms with Crippen molar-refractivity contribution in [2.45, 2.75) is 69.5 Å². The average Bonchev–Trinajstić information content (AvgIpc) is 3.46. The molecule has 0 aromatic heterocycles. The summed E-state index contributed by atoms with van der Waals surface area (Å²) in [6, 6.07) is 8.63. The second-order valence-corrected chi connectivity index (χ2v) is 7.77. The number of amides is 3. The first-order valence-corrected chi connectivity index (χ1v) is 9.58. The third-order valence-corrected chi connectivity index (χ3v) is 5.85. The van der Waals surface area contributed by atoms with Gasteiger partial charge in [-0.15, -0.1) is 0 Å². The van der Waals surface area contributed by atoms with Gasteiger partial charge in [0.15, 0.2) is 0 Å². The zero-order valence-electron chi connectivity index (χ0n) is 14.8. The summed E-state index contributed by atoms with van der Waals surface area (Å²) in [7, 11) is 0. The molecule has 3 unspecified atom stereocenters. The Kier molecular flexibility index (Phi) is 4.40. The molecule has 1 aliphatic heterocycles. The molecule has 5 nitrogen and oxygen atoms in total. The molecule has 0 bridgehead atoms. The van der Waals surface area contributed by atoms with Crippen LogP contribution in [-0.2, 0) is 4.79 Å². The zero-order chi connectivity index (χ0) is 17.4. The maximum atomic E-state index is 12.8. The van der Waals surface area contributed by atoms with E-state index in [-0.39, 0.29) is 36.6 Å². The fraction of sp³-hybridized carbons (Fsp3) is 0.600. The Morgan fingerprint density at radius 3 is 2.84 bits per heavy atom. The highest BCUT2D eigenvalue weighted by Gasteiger charge is 2.39. The molecule has 1 aromatic rings. The number of benzene rings is 1. The highest BCUT2D eigenvalue weighted by molar-refractivity contribution is 5.86. The molecule has 1 saturated heterocycles. The topological polar surface area (TPSA) is 61.4 Å². The van der Waals surface area contributed by atoms with E-state index in [1.165, 1.54) is 18.4 Å². The van der Waals surface area contributed by atoms with Crippen molar-refractivity contribution in [2.24, 2.45) is 0 Å². The molecule has 3 amide bonds. The van der Waals surface area contributed by atoms with E-state index in [2.05, 4.69) is 34.9 Å². The van der Waals surface area contributed by atoms with Crippen LogP contribution in [0.4, 0.5) is 4.79 Å². The van der Waals surface area contributed by atoms with E-state index in [4.69, 9.17) is 0 Å². The highest BCUT2D eigenvalue weighted by atomic mass is 16.2. The van der Waals surface area contributed by atoms with E-state index < -0.39 is 0 Å². The Morgan fingerprint density at radius 2 is 2.04 bits per heavy atom. The van der Waals surface area contributed by atoms with E-state index in [9.17, 15) is 9.59 Å². The number of nitrogens with one attached hydrogen (secondary N) is 2. The number of fused-ring (bicyclic) bond motifs is 1. The van der Waals surface area contributed by atoms with Gasteiger partial charge in [0.05, 0.1) is 12.1 Å². The monoisotopic (exact) mass is 341 g/mol. The third kappa shape index (κ3) is 3.51. The normalized spacial score (nSPS) is 27.2. The summed E-state index contributed by atoms with van der Waals surface area (Å²) in [5, 5.41) is 6.17. The Morgan fingerprint density at radius 1 is 1.24 bits per heavy atom. The van der Waals surface area contributed by atoms with E-state index in [1.54, 1.807) is 4.90 Å². The van der Waals surface area contributed by atoms with Crippen molar-refractivity contribution < 1.29 is 9.59 Å². The first-order valence-electron chi connectivity index (χ1n) is 9.58. The third-order valence-electron chi connectivity index (χ3n) is 5.85. The molecule has 2 N–H and O–H groups in total. The number of carbonyl (C=O) groups is 2. The number of hydrogen-bond acceptors (Lipinski definition) is 2. The van der Waals surface area contributed by atoms with Gasteiger partial charge in [0.25, 0.3) is 0 Å². The van der Waals surface area contributed by atoms with Crippen molar-refractivity contribution in [1.29, 1.82) is 0 Å². The van der Waals surface area contributed by atoms with Gasteiger partial charge < -0.3 is 15.5 Å². The van der Waals surface area contributed by atoms with Crippen molar-refractivity contribution in [3.63, 3.8) is 0 Å². The Hall–Kier alpha value is -2.04. The van der Waals surface area contributed by atoms with Crippen LogP contribution in [0.1, 0.15) is 68.5 Å². The summed E-state index contributed by atoms with van der Waals surface area (Å²) in [6.45, 7) is 2.19. The number of hydrogen-bond donors (Lipinski definition) is 2. The minimum Gasteiger partial charge on any atom is -0.350 e. The van der Waals surface area contributed by atoms with Gasteiger partial charge in [-0.3, -0.25) is 4.79 Å². The summed E-state index contributed by atoms with van der Waals surface area (Å²) >= 11 is 0. The molecule has 2 aliphatic carbocycles. The van der Waals surface area contributed by atoms with Gasteiger partial charge in [-0.2, -0.15) is 0 Å². The maximum absolute atomic E-state index is 12.8. The number of nitrogens with zero attached hydrogens (tertiary/aromatic N) is 1. The van der Waals surface area contributed by atoms with E-state index in [1.807, 2.05) is 6.92 Å². The van der Waals surface area contributed by atoms with Crippen LogP contribution in [0.15, 0.2) is 24.3 Å². The molecule has 5 heteroatoms. The summed E-state index contributed by atoms with van der Waals surface area (Å²) in [5.41, 5.74) is 2.52. The number of urea groups is 1. The zero-order valence-corrected chi connectivity index (χ0v) is 14.8. The van der Waals surface area contributed by atoms with Crippen LogP contribution in [0.5, 0.6) is 0 Å². The quantitative estimate of drug-likeness (QED) is 0.887. The van der Waals surface area contributed by atoms with Crippen LogP contribution in [0.25, 0.3) is 0 Å². The standard InChI is InChI=1S/C20H27N3O2/c1-13(15-5-4-6-16(11-15)14-9-10-14)21-20(25)23-12-19(24)22-17-7-2-3-8-18(17)23/h4-6,11,13-14,17-18H,2-3,7-10,12H2,1H3,(H,21,25)(H,22,24). The molecule has 4 rings (SSSR count). The van der Waals surface area contributed by atoms with Crippen LogP contribution in [0.3, 0.4) is 0 Å².